The Labute approximate surface area is 140 Å². The van der Waals surface area contributed by atoms with E-state index in [2.05, 4.69) is 38.3 Å². The van der Waals surface area contributed by atoms with Gasteiger partial charge in [-0.3, -0.25) is 0 Å². The number of allylic oxidation sites excluding steroid dienone is 1. The third-order valence-corrected chi connectivity index (χ3v) is 12.3. The van der Waals surface area contributed by atoms with Crippen LogP contribution in [0.1, 0.15) is 58.3 Å². The lowest BCUT2D eigenvalue weighted by atomic mass is 9.96. The van der Waals surface area contributed by atoms with Gasteiger partial charge in [0.2, 0.25) is 0 Å². The van der Waals surface area contributed by atoms with Gasteiger partial charge >= 0.3 is 0 Å². The highest BCUT2D eigenvalue weighted by molar-refractivity contribution is 6.70. The molecule has 0 aromatic carbocycles. The SMILES string of the molecule is CCCC=C[SiH](C)C1(C2([SiH](C)C)CCCCO2)CCCCO1. The van der Waals surface area contributed by atoms with Crippen molar-refractivity contribution in [1.29, 1.82) is 0 Å². The summed E-state index contributed by atoms with van der Waals surface area (Å²) in [5.41, 5.74) is 2.56. The Morgan fingerprint density at radius 3 is 1.95 bits per heavy atom. The normalized spacial score (nSPS) is 35.1. The maximum absolute atomic E-state index is 6.68. The Bertz CT molecular complexity index is 356. The second kappa shape index (κ2) is 8.27. The van der Waals surface area contributed by atoms with E-state index in [1.807, 2.05) is 0 Å². The molecule has 2 nitrogen and oxygen atoms in total. The van der Waals surface area contributed by atoms with E-state index in [-0.39, 0.29) is 10.4 Å². The van der Waals surface area contributed by atoms with E-state index in [4.69, 9.17) is 9.47 Å². The quantitative estimate of drug-likeness (QED) is 0.675. The van der Waals surface area contributed by atoms with Crippen LogP contribution in [0.15, 0.2) is 11.8 Å². The summed E-state index contributed by atoms with van der Waals surface area (Å²) in [6.45, 7) is 11.6. The molecule has 0 saturated carbocycles. The van der Waals surface area contributed by atoms with Gasteiger partial charge in [-0.2, -0.15) is 0 Å². The van der Waals surface area contributed by atoms with E-state index >= 15 is 0 Å². The van der Waals surface area contributed by atoms with Crippen molar-refractivity contribution in [2.24, 2.45) is 0 Å². The molecule has 2 aliphatic heterocycles. The van der Waals surface area contributed by atoms with Gasteiger partial charge in [0.1, 0.15) is 0 Å². The van der Waals surface area contributed by atoms with Crippen molar-refractivity contribution in [3.63, 3.8) is 0 Å². The molecule has 3 atom stereocenters. The van der Waals surface area contributed by atoms with Crippen molar-refractivity contribution in [1.82, 2.24) is 0 Å². The Morgan fingerprint density at radius 1 is 0.909 bits per heavy atom. The van der Waals surface area contributed by atoms with Gasteiger partial charge in [0, 0.05) is 13.2 Å². The molecule has 0 bridgehead atoms. The van der Waals surface area contributed by atoms with E-state index in [0.717, 1.165) is 13.2 Å². The van der Waals surface area contributed by atoms with Crippen molar-refractivity contribution in [2.45, 2.75) is 88.4 Å². The third-order valence-electron chi connectivity index (χ3n) is 5.87. The lowest BCUT2D eigenvalue weighted by molar-refractivity contribution is -0.164. The van der Waals surface area contributed by atoms with Gasteiger partial charge in [-0.05, 0) is 44.9 Å². The lowest BCUT2D eigenvalue weighted by Gasteiger charge is -2.57. The summed E-state index contributed by atoms with van der Waals surface area (Å²) < 4.78 is 13.3. The third kappa shape index (κ3) is 3.45. The van der Waals surface area contributed by atoms with Gasteiger partial charge in [0.05, 0.1) is 28.0 Å². The zero-order valence-corrected chi connectivity index (χ0v) is 17.5. The van der Waals surface area contributed by atoms with Crippen LogP contribution in [0.5, 0.6) is 0 Å². The minimum Gasteiger partial charge on any atom is -0.376 e. The first-order chi connectivity index (χ1) is 10.6. The van der Waals surface area contributed by atoms with E-state index in [1.54, 1.807) is 0 Å². The average molecular weight is 341 g/mol. The van der Waals surface area contributed by atoms with E-state index < -0.39 is 17.6 Å². The van der Waals surface area contributed by atoms with Crippen LogP contribution in [0.4, 0.5) is 0 Å². The van der Waals surface area contributed by atoms with Gasteiger partial charge in [-0.25, -0.2) is 0 Å². The average Bonchev–Trinajstić information content (AvgIpc) is 2.56. The molecule has 3 unspecified atom stereocenters. The van der Waals surface area contributed by atoms with Crippen LogP contribution in [-0.2, 0) is 9.47 Å². The van der Waals surface area contributed by atoms with Crippen LogP contribution in [0.2, 0.25) is 19.6 Å². The molecule has 2 rings (SSSR count). The maximum Gasteiger partial charge on any atom is 0.0988 e. The first-order valence-electron chi connectivity index (χ1n) is 9.53. The number of ether oxygens (including phenoxy) is 2. The summed E-state index contributed by atoms with van der Waals surface area (Å²) in [4.78, 5) is 0. The minimum absolute atomic E-state index is 0.0658. The second-order valence-electron chi connectivity index (χ2n) is 7.55. The lowest BCUT2D eigenvalue weighted by Crippen LogP contribution is -2.71. The molecular weight excluding hydrogens is 304 g/mol. The van der Waals surface area contributed by atoms with E-state index in [0.29, 0.717) is 0 Å². The van der Waals surface area contributed by atoms with Crippen molar-refractivity contribution >= 4 is 17.6 Å². The minimum atomic E-state index is -1.14. The Morgan fingerprint density at radius 2 is 1.50 bits per heavy atom. The molecule has 22 heavy (non-hydrogen) atoms. The Hall–Kier alpha value is 0.0938. The molecule has 128 valence electrons. The molecular formula is C18H36O2Si2. The van der Waals surface area contributed by atoms with Crippen LogP contribution in [0.3, 0.4) is 0 Å². The summed E-state index contributed by atoms with van der Waals surface area (Å²) in [7, 11) is -2.11. The molecule has 2 saturated heterocycles. The number of hydrogen-bond donors (Lipinski definition) is 0. The predicted octanol–water partition coefficient (Wildman–Crippen LogP) is 4.18. The van der Waals surface area contributed by atoms with Gasteiger partial charge in [0.15, 0.2) is 0 Å². The molecule has 2 fully saturated rings. The smallest absolute Gasteiger partial charge is 0.0988 e. The fourth-order valence-corrected chi connectivity index (χ4v) is 11.8. The predicted molar refractivity (Wildman–Crippen MR) is 101 cm³/mol. The highest BCUT2D eigenvalue weighted by atomic mass is 28.3. The highest BCUT2D eigenvalue weighted by Crippen LogP contribution is 2.46. The summed E-state index contributed by atoms with van der Waals surface area (Å²) in [5.74, 6) is 0. The highest BCUT2D eigenvalue weighted by Gasteiger charge is 2.58. The van der Waals surface area contributed by atoms with Gasteiger partial charge < -0.3 is 9.47 Å². The van der Waals surface area contributed by atoms with Crippen LogP contribution < -0.4 is 0 Å². The molecule has 2 heterocycles. The van der Waals surface area contributed by atoms with Crippen molar-refractivity contribution in [3.8, 4) is 0 Å². The number of unbranched alkanes of at least 4 members (excludes halogenated alkanes) is 1. The standard InChI is InChI=1S/C18H36O2Si2/c1-5-6-11-16-22(4)18(13-8-10-15-20-18)17(21(2)3)12-7-9-14-19-17/h11,16,21-22H,5-10,12-15H2,1-4H3. The first kappa shape index (κ1) is 18.4. The van der Waals surface area contributed by atoms with Crippen LogP contribution in [0, 0.1) is 0 Å². The molecule has 0 aliphatic carbocycles. The molecule has 0 aromatic rings. The summed E-state index contributed by atoms with van der Waals surface area (Å²) in [5, 5.41) is 0.157. The summed E-state index contributed by atoms with van der Waals surface area (Å²) in [6.07, 6.45) is 12.5. The zero-order valence-electron chi connectivity index (χ0n) is 15.2. The van der Waals surface area contributed by atoms with Crippen LogP contribution in [0.25, 0.3) is 0 Å². The molecule has 0 amide bonds. The van der Waals surface area contributed by atoms with Gasteiger partial charge in [-0.1, -0.05) is 44.8 Å². The summed E-state index contributed by atoms with van der Waals surface area (Å²) >= 11 is 0. The maximum atomic E-state index is 6.68. The molecule has 0 radical (unpaired) electrons. The molecule has 0 aromatic heterocycles. The zero-order chi connectivity index (χ0) is 16.1. The van der Waals surface area contributed by atoms with Crippen molar-refractivity contribution in [2.75, 3.05) is 13.2 Å². The van der Waals surface area contributed by atoms with Gasteiger partial charge in [0.25, 0.3) is 0 Å². The summed E-state index contributed by atoms with van der Waals surface area (Å²) in [6, 6.07) is 0. The fraction of sp³-hybridized carbons (Fsp3) is 0.889. The topological polar surface area (TPSA) is 18.5 Å². The molecule has 4 heteroatoms. The monoisotopic (exact) mass is 340 g/mol. The molecule has 2 aliphatic rings. The molecule has 0 spiro atoms. The Balaban J connectivity index is 2.33. The van der Waals surface area contributed by atoms with Gasteiger partial charge in [-0.15, -0.1) is 0 Å². The van der Waals surface area contributed by atoms with E-state index in [9.17, 15) is 0 Å². The first-order valence-corrected chi connectivity index (χ1v) is 14.8. The van der Waals surface area contributed by atoms with E-state index in [1.165, 1.54) is 51.4 Å². The van der Waals surface area contributed by atoms with Crippen molar-refractivity contribution < 1.29 is 9.47 Å². The fourth-order valence-electron chi connectivity index (χ4n) is 4.61. The number of rotatable bonds is 6. The second-order valence-corrected chi connectivity index (χ2v) is 13.7. The Kier molecular flexibility index (Phi) is 6.93. The molecule has 0 N–H and O–H groups in total. The van der Waals surface area contributed by atoms with Crippen LogP contribution in [-0.4, -0.2) is 41.3 Å². The van der Waals surface area contributed by atoms with Crippen molar-refractivity contribution in [3.05, 3.63) is 11.8 Å². The largest absolute Gasteiger partial charge is 0.376 e. The number of hydrogen-bond acceptors (Lipinski definition) is 2. The van der Waals surface area contributed by atoms with Crippen LogP contribution >= 0.6 is 0 Å².